The molecule has 3 aromatic rings. The predicted octanol–water partition coefficient (Wildman–Crippen LogP) is 4.18. The largest absolute Gasteiger partial charge is 0.344 e. The SMILES string of the molecule is CC(C)C(=O)NC(Cc1ccccc1)C(=O)Nc1nnc(-c2cccc(Cl)c2)s1. The first-order chi connectivity index (χ1) is 13.9. The molecule has 0 fully saturated rings. The number of rotatable bonds is 7. The smallest absolute Gasteiger partial charge is 0.249 e. The lowest BCUT2D eigenvalue weighted by atomic mass is 10.0. The van der Waals surface area contributed by atoms with E-state index in [0.717, 1.165) is 11.1 Å². The average Bonchev–Trinajstić information content (AvgIpc) is 3.16. The Kier molecular flexibility index (Phi) is 6.95. The zero-order chi connectivity index (χ0) is 20.8. The molecule has 0 aliphatic heterocycles. The summed E-state index contributed by atoms with van der Waals surface area (Å²) >= 11 is 7.27. The molecule has 8 heteroatoms. The molecular formula is C21H21ClN4O2S. The van der Waals surface area contributed by atoms with E-state index in [1.54, 1.807) is 26.0 Å². The van der Waals surface area contributed by atoms with Crippen molar-refractivity contribution in [3.63, 3.8) is 0 Å². The average molecular weight is 429 g/mol. The van der Waals surface area contributed by atoms with Crippen molar-refractivity contribution < 1.29 is 9.59 Å². The Balaban J connectivity index is 1.74. The Bertz CT molecular complexity index is 991. The first kappa shape index (κ1) is 21.0. The van der Waals surface area contributed by atoms with Crippen LogP contribution in [-0.2, 0) is 16.0 Å². The minimum Gasteiger partial charge on any atom is -0.344 e. The first-order valence-electron chi connectivity index (χ1n) is 9.17. The van der Waals surface area contributed by atoms with Crippen molar-refractivity contribution in [2.24, 2.45) is 5.92 Å². The summed E-state index contributed by atoms with van der Waals surface area (Å²) < 4.78 is 0. The molecule has 0 spiro atoms. The highest BCUT2D eigenvalue weighted by Crippen LogP contribution is 2.28. The van der Waals surface area contributed by atoms with Crippen LogP contribution in [0.15, 0.2) is 54.6 Å². The highest BCUT2D eigenvalue weighted by Gasteiger charge is 2.23. The van der Waals surface area contributed by atoms with Gasteiger partial charge in [-0.1, -0.05) is 79.2 Å². The summed E-state index contributed by atoms with van der Waals surface area (Å²) in [5.41, 5.74) is 1.78. The number of aromatic nitrogens is 2. The Labute approximate surface area is 178 Å². The molecule has 0 bridgehead atoms. The normalized spacial score (nSPS) is 11.9. The van der Waals surface area contributed by atoms with Crippen LogP contribution < -0.4 is 10.6 Å². The minimum atomic E-state index is -0.717. The fourth-order valence-corrected chi connectivity index (χ4v) is 3.54. The zero-order valence-electron chi connectivity index (χ0n) is 16.1. The van der Waals surface area contributed by atoms with Crippen molar-refractivity contribution in [3.8, 4) is 10.6 Å². The molecule has 2 N–H and O–H groups in total. The molecule has 0 aliphatic rings. The Morgan fingerprint density at radius 1 is 1.03 bits per heavy atom. The predicted molar refractivity (Wildman–Crippen MR) is 116 cm³/mol. The Morgan fingerprint density at radius 2 is 1.79 bits per heavy atom. The fraction of sp³-hybridized carbons (Fsp3) is 0.238. The second kappa shape index (κ2) is 9.62. The third kappa shape index (κ3) is 5.85. The monoisotopic (exact) mass is 428 g/mol. The third-order valence-electron chi connectivity index (χ3n) is 4.17. The van der Waals surface area contributed by atoms with Crippen LogP contribution in [0.25, 0.3) is 10.6 Å². The van der Waals surface area contributed by atoms with Gasteiger partial charge in [0.1, 0.15) is 11.0 Å². The van der Waals surface area contributed by atoms with E-state index < -0.39 is 6.04 Å². The molecule has 2 aromatic carbocycles. The van der Waals surface area contributed by atoms with Crippen LogP contribution in [0.1, 0.15) is 19.4 Å². The lowest BCUT2D eigenvalue weighted by Crippen LogP contribution is -2.46. The van der Waals surface area contributed by atoms with Crippen LogP contribution in [0.4, 0.5) is 5.13 Å². The maximum absolute atomic E-state index is 12.9. The van der Waals surface area contributed by atoms with Crippen molar-refractivity contribution in [2.75, 3.05) is 5.32 Å². The first-order valence-corrected chi connectivity index (χ1v) is 10.4. The van der Waals surface area contributed by atoms with Gasteiger partial charge in [0.05, 0.1) is 0 Å². The van der Waals surface area contributed by atoms with E-state index in [9.17, 15) is 9.59 Å². The molecule has 0 aliphatic carbocycles. The molecular weight excluding hydrogens is 408 g/mol. The third-order valence-corrected chi connectivity index (χ3v) is 5.29. The lowest BCUT2D eigenvalue weighted by molar-refractivity contribution is -0.128. The number of carbonyl (C=O) groups is 2. The van der Waals surface area contributed by atoms with Gasteiger partial charge in [0, 0.05) is 22.9 Å². The van der Waals surface area contributed by atoms with Gasteiger partial charge in [-0.3, -0.25) is 14.9 Å². The van der Waals surface area contributed by atoms with E-state index in [1.165, 1.54) is 11.3 Å². The number of halogens is 1. The maximum atomic E-state index is 12.9. The number of anilines is 1. The van der Waals surface area contributed by atoms with E-state index in [2.05, 4.69) is 20.8 Å². The highest BCUT2D eigenvalue weighted by atomic mass is 35.5. The molecule has 0 saturated carbocycles. The number of nitrogens with one attached hydrogen (secondary N) is 2. The summed E-state index contributed by atoms with van der Waals surface area (Å²) in [5.74, 6) is -0.744. The molecule has 150 valence electrons. The van der Waals surface area contributed by atoms with Gasteiger partial charge in [0.2, 0.25) is 16.9 Å². The molecule has 1 aromatic heterocycles. The zero-order valence-corrected chi connectivity index (χ0v) is 17.6. The van der Waals surface area contributed by atoms with Gasteiger partial charge in [-0.25, -0.2) is 0 Å². The molecule has 1 unspecified atom stereocenters. The van der Waals surface area contributed by atoms with Crippen LogP contribution >= 0.6 is 22.9 Å². The molecule has 6 nitrogen and oxygen atoms in total. The van der Waals surface area contributed by atoms with Crippen molar-refractivity contribution in [3.05, 3.63) is 65.2 Å². The second-order valence-electron chi connectivity index (χ2n) is 6.82. The van der Waals surface area contributed by atoms with Crippen molar-refractivity contribution in [2.45, 2.75) is 26.3 Å². The second-order valence-corrected chi connectivity index (χ2v) is 8.23. The van der Waals surface area contributed by atoms with Gasteiger partial charge in [-0.2, -0.15) is 0 Å². The van der Waals surface area contributed by atoms with E-state index in [4.69, 9.17) is 11.6 Å². The summed E-state index contributed by atoms with van der Waals surface area (Å²) in [4.78, 5) is 25.1. The number of hydrogen-bond acceptors (Lipinski definition) is 5. The van der Waals surface area contributed by atoms with Crippen molar-refractivity contribution in [1.29, 1.82) is 0 Å². The summed E-state index contributed by atoms with van der Waals surface area (Å²) in [6.45, 7) is 3.57. The molecule has 1 atom stereocenters. The van der Waals surface area contributed by atoms with E-state index >= 15 is 0 Å². The highest BCUT2D eigenvalue weighted by molar-refractivity contribution is 7.18. The number of nitrogens with zero attached hydrogens (tertiary/aromatic N) is 2. The molecule has 3 rings (SSSR count). The van der Waals surface area contributed by atoms with Crippen LogP contribution in [0, 0.1) is 5.92 Å². The fourth-order valence-electron chi connectivity index (χ4n) is 2.60. The van der Waals surface area contributed by atoms with Crippen LogP contribution in [0.5, 0.6) is 0 Å². The summed E-state index contributed by atoms with van der Waals surface area (Å²) in [5, 5.41) is 15.4. The van der Waals surface area contributed by atoms with Gasteiger partial charge in [-0.05, 0) is 17.7 Å². The molecule has 0 radical (unpaired) electrons. The molecule has 1 heterocycles. The quantitative estimate of drug-likeness (QED) is 0.591. The Hall–Kier alpha value is -2.77. The van der Waals surface area contributed by atoms with Gasteiger partial charge in [0.25, 0.3) is 0 Å². The van der Waals surface area contributed by atoms with Crippen molar-refractivity contribution >= 4 is 39.9 Å². The minimum absolute atomic E-state index is 0.182. The Morgan fingerprint density at radius 3 is 2.48 bits per heavy atom. The maximum Gasteiger partial charge on any atom is 0.249 e. The molecule has 29 heavy (non-hydrogen) atoms. The van der Waals surface area contributed by atoms with Gasteiger partial charge in [-0.15, -0.1) is 10.2 Å². The van der Waals surface area contributed by atoms with Crippen LogP contribution in [0.2, 0.25) is 5.02 Å². The number of amides is 2. The van der Waals surface area contributed by atoms with Gasteiger partial charge >= 0.3 is 0 Å². The van der Waals surface area contributed by atoms with Crippen molar-refractivity contribution in [1.82, 2.24) is 15.5 Å². The van der Waals surface area contributed by atoms with Gasteiger partial charge in [0.15, 0.2) is 0 Å². The summed E-state index contributed by atoms with van der Waals surface area (Å²) in [6.07, 6.45) is 0.380. The lowest BCUT2D eigenvalue weighted by Gasteiger charge is -2.19. The van der Waals surface area contributed by atoms with Crippen LogP contribution in [-0.4, -0.2) is 28.1 Å². The van der Waals surface area contributed by atoms with Gasteiger partial charge < -0.3 is 5.32 Å². The standard InChI is InChI=1S/C21H21ClN4O2S/c1-13(2)18(27)23-17(11-14-7-4-3-5-8-14)19(28)24-21-26-25-20(29-21)15-9-6-10-16(22)12-15/h3-10,12-13,17H,11H2,1-2H3,(H,23,27)(H,24,26,28). The summed E-state index contributed by atoms with van der Waals surface area (Å²) in [6, 6.07) is 16.1. The topological polar surface area (TPSA) is 84.0 Å². The number of benzene rings is 2. The molecule has 2 amide bonds. The molecule has 0 saturated heterocycles. The van der Waals surface area contributed by atoms with E-state index in [-0.39, 0.29) is 17.7 Å². The van der Waals surface area contributed by atoms with E-state index in [1.807, 2.05) is 42.5 Å². The summed E-state index contributed by atoms with van der Waals surface area (Å²) in [7, 11) is 0. The van der Waals surface area contributed by atoms with Crippen LogP contribution in [0.3, 0.4) is 0 Å². The number of hydrogen-bond donors (Lipinski definition) is 2. The van der Waals surface area contributed by atoms with E-state index in [0.29, 0.717) is 21.6 Å². The number of carbonyl (C=O) groups excluding carboxylic acids is 2.